The van der Waals surface area contributed by atoms with Gasteiger partial charge in [0, 0.05) is 17.7 Å². The molecule has 18 heavy (non-hydrogen) atoms. The first-order chi connectivity index (χ1) is 8.70. The molecule has 0 amide bonds. The van der Waals surface area contributed by atoms with Crippen LogP contribution < -0.4 is 5.56 Å². The molecule has 2 rings (SSSR count). The van der Waals surface area contributed by atoms with Gasteiger partial charge in [0.15, 0.2) is 4.77 Å². The van der Waals surface area contributed by atoms with E-state index < -0.39 is 0 Å². The Hall–Kier alpha value is -1.94. The lowest BCUT2D eigenvalue weighted by molar-refractivity contribution is 0.932. The second kappa shape index (κ2) is 5.60. The van der Waals surface area contributed by atoms with Crippen LogP contribution in [0, 0.1) is 4.77 Å². The van der Waals surface area contributed by atoms with Crippen molar-refractivity contribution >= 4 is 12.2 Å². The zero-order valence-electron chi connectivity index (χ0n) is 9.90. The summed E-state index contributed by atoms with van der Waals surface area (Å²) in [4.78, 5) is 17.5. The van der Waals surface area contributed by atoms with Gasteiger partial charge in [-0.15, -0.1) is 6.58 Å². The second-order valence-corrected chi connectivity index (χ2v) is 4.43. The molecule has 4 heteroatoms. The highest BCUT2D eigenvalue weighted by atomic mass is 32.1. The number of rotatable bonds is 4. The van der Waals surface area contributed by atoms with Gasteiger partial charge in [-0.25, -0.2) is 0 Å². The molecule has 0 fully saturated rings. The van der Waals surface area contributed by atoms with Crippen LogP contribution in [0.2, 0.25) is 0 Å². The summed E-state index contributed by atoms with van der Waals surface area (Å²) in [5, 5.41) is 0. The molecule has 0 spiro atoms. The average Bonchev–Trinajstić information content (AvgIpc) is 2.35. The van der Waals surface area contributed by atoms with Gasteiger partial charge in [0.25, 0.3) is 5.56 Å². The lowest BCUT2D eigenvalue weighted by atomic mass is 10.0. The normalized spacial score (nSPS) is 10.2. The molecule has 0 aliphatic carbocycles. The minimum atomic E-state index is -0.135. The van der Waals surface area contributed by atoms with E-state index in [-0.39, 0.29) is 5.56 Å². The summed E-state index contributed by atoms with van der Waals surface area (Å²) in [5.41, 5.74) is 2.56. The van der Waals surface area contributed by atoms with Crippen molar-refractivity contribution in [2.75, 3.05) is 0 Å². The highest BCUT2D eigenvalue weighted by molar-refractivity contribution is 7.71. The fourth-order valence-electron chi connectivity index (χ4n) is 1.87. The highest BCUT2D eigenvalue weighted by Crippen LogP contribution is 2.09. The smallest absolute Gasteiger partial charge is 0.255 e. The van der Waals surface area contributed by atoms with Crippen LogP contribution in [-0.4, -0.2) is 9.97 Å². The third-order valence-corrected chi connectivity index (χ3v) is 2.91. The monoisotopic (exact) mass is 258 g/mol. The Morgan fingerprint density at radius 1 is 1.22 bits per heavy atom. The number of hydrogen-bond donors (Lipinski definition) is 2. The van der Waals surface area contributed by atoms with Gasteiger partial charge >= 0.3 is 0 Å². The molecule has 1 aromatic heterocycles. The summed E-state index contributed by atoms with van der Waals surface area (Å²) in [6, 6.07) is 9.97. The summed E-state index contributed by atoms with van der Waals surface area (Å²) in [7, 11) is 0. The van der Waals surface area contributed by atoms with Gasteiger partial charge in [-0.2, -0.15) is 0 Å². The van der Waals surface area contributed by atoms with Gasteiger partial charge in [-0.3, -0.25) is 9.78 Å². The van der Waals surface area contributed by atoms with Crippen molar-refractivity contribution in [2.45, 2.75) is 12.8 Å². The van der Waals surface area contributed by atoms with Crippen molar-refractivity contribution in [3.8, 4) is 0 Å². The van der Waals surface area contributed by atoms with Crippen molar-refractivity contribution in [3.63, 3.8) is 0 Å². The molecule has 0 saturated heterocycles. The van der Waals surface area contributed by atoms with Gasteiger partial charge in [0.05, 0.1) is 0 Å². The largest absolute Gasteiger partial charge is 0.335 e. The SMILES string of the molecule is C=CCc1c(Cc2ccccc2)[nH]c(=S)[nH]c1=O. The van der Waals surface area contributed by atoms with Gasteiger partial charge < -0.3 is 4.98 Å². The molecule has 0 bridgehead atoms. The number of hydrogen-bond acceptors (Lipinski definition) is 2. The molecule has 2 N–H and O–H groups in total. The summed E-state index contributed by atoms with van der Waals surface area (Å²) in [6.45, 7) is 3.67. The van der Waals surface area contributed by atoms with Crippen LogP contribution in [0.4, 0.5) is 0 Å². The standard InChI is InChI=1S/C14H14N2OS/c1-2-6-11-12(15-14(18)16-13(11)17)9-10-7-4-3-5-8-10/h2-5,7-8H,1,6,9H2,(H2,15,16,17,18). The number of H-pyrrole nitrogens is 2. The molecule has 2 aromatic rings. The number of nitrogens with one attached hydrogen (secondary N) is 2. The fourth-order valence-corrected chi connectivity index (χ4v) is 2.09. The van der Waals surface area contributed by atoms with E-state index >= 15 is 0 Å². The van der Waals surface area contributed by atoms with Crippen molar-refractivity contribution in [1.29, 1.82) is 0 Å². The Bertz CT molecular complexity index is 655. The van der Waals surface area contributed by atoms with Crippen LogP contribution in [-0.2, 0) is 12.8 Å². The molecular weight excluding hydrogens is 244 g/mol. The quantitative estimate of drug-likeness (QED) is 0.654. The molecule has 1 aromatic carbocycles. The molecule has 0 radical (unpaired) electrons. The lowest BCUT2D eigenvalue weighted by Crippen LogP contribution is -2.17. The molecular formula is C14H14N2OS. The maximum atomic E-state index is 11.9. The molecule has 0 aliphatic heterocycles. The van der Waals surface area contributed by atoms with E-state index in [9.17, 15) is 4.79 Å². The third kappa shape index (κ3) is 2.84. The van der Waals surface area contributed by atoms with E-state index in [4.69, 9.17) is 12.2 Å². The van der Waals surface area contributed by atoms with E-state index in [1.54, 1.807) is 6.08 Å². The minimum absolute atomic E-state index is 0.135. The van der Waals surface area contributed by atoms with Gasteiger partial charge in [0.2, 0.25) is 0 Å². The predicted molar refractivity (Wildman–Crippen MR) is 75.4 cm³/mol. The minimum Gasteiger partial charge on any atom is -0.335 e. The Labute approximate surface area is 110 Å². The number of allylic oxidation sites excluding steroid dienone is 1. The predicted octanol–water partition coefficient (Wildman–Crippen LogP) is 2.75. The van der Waals surface area contributed by atoms with Crippen LogP contribution in [0.15, 0.2) is 47.8 Å². The second-order valence-electron chi connectivity index (χ2n) is 4.02. The topological polar surface area (TPSA) is 48.6 Å². The molecule has 0 atom stereocenters. The van der Waals surface area contributed by atoms with E-state index in [1.165, 1.54) is 0 Å². The summed E-state index contributed by atoms with van der Waals surface area (Å²) < 4.78 is 0.360. The molecule has 1 heterocycles. The number of aromatic amines is 2. The fraction of sp³-hybridized carbons (Fsp3) is 0.143. The summed E-state index contributed by atoms with van der Waals surface area (Å²) in [6.07, 6.45) is 2.91. The number of aromatic nitrogens is 2. The van der Waals surface area contributed by atoms with E-state index in [0.717, 1.165) is 11.3 Å². The van der Waals surface area contributed by atoms with E-state index in [0.29, 0.717) is 23.2 Å². The van der Waals surface area contributed by atoms with Crippen molar-refractivity contribution in [1.82, 2.24) is 9.97 Å². The first-order valence-corrected chi connectivity index (χ1v) is 6.10. The Morgan fingerprint density at radius 3 is 2.61 bits per heavy atom. The van der Waals surface area contributed by atoms with Crippen molar-refractivity contribution in [2.24, 2.45) is 0 Å². The maximum absolute atomic E-state index is 11.9. The molecule has 92 valence electrons. The van der Waals surface area contributed by atoms with Crippen molar-refractivity contribution in [3.05, 3.63) is 74.9 Å². The highest BCUT2D eigenvalue weighted by Gasteiger charge is 2.07. The first-order valence-electron chi connectivity index (χ1n) is 5.70. The van der Waals surface area contributed by atoms with Gasteiger partial charge in [-0.1, -0.05) is 36.4 Å². The Morgan fingerprint density at radius 2 is 1.94 bits per heavy atom. The lowest BCUT2D eigenvalue weighted by Gasteiger charge is -2.07. The molecule has 0 saturated carbocycles. The van der Waals surface area contributed by atoms with E-state index in [2.05, 4.69) is 16.5 Å². The van der Waals surface area contributed by atoms with Gasteiger partial charge in [-0.05, 0) is 24.2 Å². The first kappa shape index (κ1) is 12.5. The Kier molecular flexibility index (Phi) is 3.89. The van der Waals surface area contributed by atoms with Crippen LogP contribution in [0.5, 0.6) is 0 Å². The molecule has 3 nitrogen and oxygen atoms in total. The zero-order valence-corrected chi connectivity index (χ0v) is 10.7. The van der Waals surface area contributed by atoms with Crippen LogP contribution in [0.3, 0.4) is 0 Å². The van der Waals surface area contributed by atoms with E-state index in [1.807, 2.05) is 30.3 Å². The summed E-state index contributed by atoms with van der Waals surface area (Å²) in [5.74, 6) is 0. The Balaban J connectivity index is 2.46. The molecule has 0 unspecified atom stereocenters. The van der Waals surface area contributed by atoms with Gasteiger partial charge in [0.1, 0.15) is 0 Å². The zero-order chi connectivity index (χ0) is 13.0. The van der Waals surface area contributed by atoms with Crippen LogP contribution in [0.1, 0.15) is 16.8 Å². The molecule has 0 aliphatic rings. The third-order valence-electron chi connectivity index (χ3n) is 2.70. The van der Waals surface area contributed by atoms with Crippen LogP contribution in [0.25, 0.3) is 0 Å². The number of benzene rings is 1. The van der Waals surface area contributed by atoms with Crippen molar-refractivity contribution < 1.29 is 0 Å². The summed E-state index contributed by atoms with van der Waals surface area (Å²) >= 11 is 5.01. The average molecular weight is 258 g/mol. The maximum Gasteiger partial charge on any atom is 0.255 e. The van der Waals surface area contributed by atoms with Crippen LogP contribution >= 0.6 is 12.2 Å².